The van der Waals surface area contributed by atoms with Gasteiger partial charge in [0.15, 0.2) is 11.0 Å². The van der Waals surface area contributed by atoms with Gasteiger partial charge in [0.2, 0.25) is 11.7 Å². The summed E-state index contributed by atoms with van der Waals surface area (Å²) in [6, 6.07) is 20.0. The number of nitro benzene ring substituents is 1. The standard InChI is InChI=1S/C23H18FN5O4S/c1-33-18-10-7-15(8-11-18)22-26-27-23(28(22)17-5-3-2-4-6-17)34-14-21(30)25-16-9-12-19(24)20(13-16)29(31)32/h2-13H,14H2,1H3,(H,25,30). The molecule has 1 heterocycles. The molecule has 0 spiro atoms. The maximum Gasteiger partial charge on any atom is 0.306 e. The van der Waals surface area contributed by atoms with Gasteiger partial charge in [0.05, 0.1) is 17.8 Å². The molecule has 0 saturated heterocycles. The zero-order valence-corrected chi connectivity index (χ0v) is 18.7. The van der Waals surface area contributed by atoms with Gasteiger partial charge in [0, 0.05) is 23.0 Å². The van der Waals surface area contributed by atoms with E-state index in [4.69, 9.17) is 4.74 Å². The van der Waals surface area contributed by atoms with Gasteiger partial charge < -0.3 is 10.1 Å². The van der Waals surface area contributed by atoms with Gasteiger partial charge in [-0.05, 0) is 48.5 Å². The number of nitrogens with zero attached hydrogens (tertiary/aromatic N) is 4. The number of nitro groups is 1. The second kappa shape index (κ2) is 10.1. The Labute approximate surface area is 197 Å². The lowest BCUT2D eigenvalue weighted by Crippen LogP contribution is -2.15. The first-order chi connectivity index (χ1) is 16.5. The molecule has 0 aliphatic carbocycles. The van der Waals surface area contributed by atoms with Crippen molar-refractivity contribution in [2.75, 3.05) is 18.2 Å². The summed E-state index contributed by atoms with van der Waals surface area (Å²) in [6.07, 6.45) is 0. The van der Waals surface area contributed by atoms with E-state index in [1.54, 1.807) is 7.11 Å². The van der Waals surface area contributed by atoms with Crippen molar-refractivity contribution < 1.29 is 18.8 Å². The second-order valence-electron chi connectivity index (χ2n) is 6.97. The SMILES string of the molecule is COc1ccc(-c2nnc(SCC(=O)Nc3ccc(F)c([N+](=O)[O-])c3)n2-c2ccccc2)cc1. The molecule has 0 unspecified atom stereocenters. The number of aromatic nitrogens is 3. The zero-order chi connectivity index (χ0) is 24.1. The molecule has 1 N–H and O–H groups in total. The van der Waals surface area contributed by atoms with Gasteiger partial charge in [0.1, 0.15) is 5.75 Å². The highest BCUT2D eigenvalue weighted by molar-refractivity contribution is 7.99. The van der Waals surface area contributed by atoms with Crippen LogP contribution < -0.4 is 10.1 Å². The van der Waals surface area contributed by atoms with Crippen LogP contribution in [0.3, 0.4) is 0 Å². The number of carbonyl (C=O) groups excluding carboxylic acids is 1. The van der Waals surface area contributed by atoms with E-state index in [9.17, 15) is 19.3 Å². The summed E-state index contributed by atoms with van der Waals surface area (Å²) in [5, 5.41) is 22.5. The van der Waals surface area contributed by atoms with Crippen molar-refractivity contribution in [1.82, 2.24) is 14.8 Å². The zero-order valence-electron chi connectivity index (χ0n) is 17.8. The first kappa shape index (κ1) is 22.9. The van der Waals surface area contributed by atoms with Crippen LogP contribution in [0.1, 0.15) is 0 Å². The van der Waals surface area contributed by atoms with Gasteiger partial charge in [-0.2, -0.15) is 4.39 Å². The number of benzene rings is 3. The van der Waals surface area contributed by atoms with Crippen molar-refractivity contribution in [2.24, 2.45) is 0 Å². The van der Waals surface area contributed by atoms with Crippen LogP contribution in [0.5, 0.6) is 5.75 Å². The summed E-state index contributed by atoms with van der Waals surface area (Å²) in [4.78, 5) is 22.6. The quantitative estimate of drug-likeness (QED) is 0.221. The van der Waals surface area contributed by atoms with E-state index in [2.05, 4.69) is 15.5 Å². The smallest absolute Gasteiger partial charge is 0.306 e. The van der Waals surface area contributed by atoms with Crippen LogP contribution in [0.25, 0.3) is 17.1 Å². The molecule has 1 amide bonds. The number of rotatable bonds is 8. The molecule has 172 valence electrons. The Morgan fingerprint density at radius 2 is 1.85 bits per heavy atom. The van der Waals surface area contributed by atoms with Crippen LogP contribution in [-0.2, 0) is 4.79 Å². The fraction of sp³-hybridized carbons (Fsp3) is 0.0870. The minimum absolute atomic E-state index is 0.0429. The number of thioether (sulfide) groups is 1. The van der Waals surface area contributed by atoms with Crippen molar-refractivity contribution in [3.8, 4) is 22.8 Å². The van der Waals surface area contributed by atoms with Crippen LogP contribution >= 0.6 is 11.8 Å². The number of anilines is 1. The fourth-order valence-electron chi connectivity index (χ4n) is 3.16. The van der Waals surface area contributed by atoms with E-state index in [1.807, 2.05) is 59.2 Å². The minimum Gasteiger partial charge on any atom is -0.497 e. The maximum atomic E-state index is 13.5. The van der Waals surface area contributed by atoms with E-state index >= 15 is 0 Å². The molecule has 0 radical (unpaired) electrons. The van der Waals surface area contributed by atoms with Crippen molar-refractivity contribution in [3.05, 3.63) is 88.7 Å². The molecule has 11 heteroatoms. The predicted octanol–water partition coefficient (Wildman–Crippen LogP) is 4.72. The molecule has 0 saturated carbocycles. The third-order valence-corrected chi connectivity index (χ3v) is 5.68. The Bertz CT molecular complexity index is 1330. The van der Waals surface area contributed by atoms with Gasteiger partial charge in [-0.15, -0.1) is 10.2 Å². The molecule has 0 aliphatic heterocycles. The Balaban J connectivity index is 1.56. The van der Waals surface area contributed by atoms with Crippen molar-refractivity contribution in [3.63, 3.8) is 0 Å². The molecule has 34 heavy (non-hydrogen) atoms. The predicted molar refractivity (Wildman–Crippen MR) is 126 cm³/mol. The van der Waals surface area contributed by atoms with Gasteiger partial charge in [-0.1, -0.05) is 30.0 Å². The molecule has 3 aromatic carbocycles. The van der Waals surface area contributed by atoms with E-state index in [1.165, 1.54) is 6.07 Å². The number of halogens is 1. The molecule has 0 fully saturated rings. The summed E-state index contributed by atoms with van der Waals surface area (Å²) in [5.41, 5.74) is 1.04. The van der Waals surface area contributed by atoms with E-state index < -0.39 is 22.3 Å². The lowest BCUT2D eigenvalue weighted by atomic mass is 10.2. The van der Waals surface area contributed by atoms with E-state index in [0.717, 1.165) is 35.1 Å². The number of hydrogen-bond donors (Lipinski definition) is 1. The van der Waals surface area contributed by atoms with Crippen molar-refractivity contribution >= 4 is 29.0 Å². The van der Waals surface area contributed by atoms with Gasteiger partial charge in [-0.3, -0.25) is 19.5 Å². The highest BCUT2D eigenvalue weighted by atomic mass is 32.2. The third kappa shape index (κ3) is 5.04. The second-order valence-corrected chi connectivity index (χ2v) is 7.91. The van der Waals surface area contributed by atoms with Crippen LogP contribution in [0.2, 0.25) is 0 Å². The Morgan fingerprint density at radius 3 is 2.53 bits per heavy atom. The lowest BCUT2D eigenvalue weighted by Gasteiger charge is -2.11. The number of amides is 1. The number of carbonyl (C=O) groups is 1. The average molecular weight is 479 g/mol. The Kier molecular flexibility index (Phi) is 6.83. The topological polar surface area (TPSA) is 112 Å². The minimum atomic E-state index is -0.973. The number of para-hydroxylation sites is 1. The van der Waals surface area contributed by atoms with Crippen LogP contribution in [-0.4, -0.2) is 38.5 Å². The van der Waals surface area contributed by atoms with Crippen LogP contribution in [0.15, 0.2) is 78.0 Å². The first-order valence-corrected chi connectivity index (χ1v) is 11.0. The summed E-state index contributed by atoms with van der Waals surface area (Å²) in [5.74, 6) is -0.148. The maximum absolute atomic E-state index is 13.5. The van der Waals surface area contributed by atoms with Gasteiger partial charge >= 0.3 is 5.69 Å². The molecule has 9 nitrogen and oxygen atoms in total. The van der Waals surface area contributed by atoms with Crippen molar-refractivity contribution in [1.29, 1.82) is 0 Å². The van der Waals surface area contributed by atoms with Crippen LogP contribution in [0, 0.1) is 15.9 Å². The van der Waals surface area contributed by atoms with Crippen LogP contribution in [0.4, 0.5) is 15.8 Å². The number of methoxy groups -OCH3 is 1. The van der Waals surface area contributed by atoms with E-state index in [0.29, 0.717) is 16.7 Å². The molecule has 0 bridgehead atoms. The highest BCUT2D eigenvalue weighted by Crippen LogP contribution is 2.29. The molecule has 0 aliphatic rings. The summed E-state index contributed by atoms with van der Waals surface area (Å²) in [7, 11) is 1.59. The third-order valence-electron chi connectivity index (χ3n) is 4.75. The number of nitrogens with one attached hydrogen (secondary N) is 1. The molecule has 4 aromatic rings. The molecular formula is C23H18FN5O4S. The Morgan fingerprint density at radius 1 is 1.12 bits per heavy atom. The van der Waals surface area contributed by atoms with Gasteiger partial charge in [0.25, 0.3) is 0 Å². The fourth-order valence-corrected chi connectivity index (χ4v) is 3.91. The van der Waals surface area contributed by atoms with Gasteiger partial charge in [-0.25, -0.2) is 0 Å². The molecule has 1 aromatic heterocycles. The monoisotopic (exact) mass is 479 g/mol. The number of ether oxygens (including phenoxy) is 1. The normalized spacial score (nSPS) is 10.6. The molecule has 4 rings (SSSR count). The lowest BCUT2D eigenvalue weighted by molar-refractivity contribution is -0.387. The summed E-state index contributed by atoms with van der Waals surface area (Å²) in [6.45, 7) is 0. The first-order valence-electron chi connectivity index (χ1n) is 9.98. The molecular weight excluding hydrogens is 461 g/mol. The number of hydrogen-bond acceptors (Lipinski definition) is 7. The van der Waals surface area contributed by atoms with Crippen molar-refractivity contribution in [2.45, 2.75) is 5.16 Å². The highest BCUT2D eigenvalue weighted by Gasteiger charge is 2.19. The average Bonchev–Trinajstić information content (AvgIpc) is 3.28. The summed E-state index contributed by atoms with van der Waals surface area (Å²) >= 11 is 1.15. The largest absolute Gasteiger partial charge is 0.497 e. The van der Waals surface area contributed by atoms with E-state index in [-0.39, 0.29) is 11.4 Å². The molecule has 0 atom stereocenters. The Hall–Kier alpha value is -4.25. The summed E-state index contributed by atoms with van der Waals surface area (Å²) < 4.78 is 20.6.